The van der Waals surface area contributed by atoms with Crippen LogP contribution in [0.5, 0.6) is 0 Å². The van der Waals surface area contributed by atoms with E-state index in [2.05, 4.69) is 154 Å². The molecule has 0 saturated heterocycles. The van der Waals surface area contributed by atoms with E-state index < -0.39 is 6.10 Å². The monoisotopic (exact) mass is 953 g/mol. The SMILES string of the molecule is CC/C=C\C/C=C\C/C=C\C/C=C\C/C=C\CCCCCCCC(=O)OCC(COC(=O)CCCCCCC/C=C\C/C=C\C/C=C\CC)OC(=O)CCCCCCC/C=C\C/C=C\C/C=C\CC. The van der Waals surface area contributed by atoms with Crippen molar-refractivity contribution in [3.63, 3.8) is 0 Å². The summed E-state index contributed by atoms with van der Waals surface area (Å²) in [6.07, 6.45) is 78.6. The van der Waals surface area contributed by atoms with Crippen LogP contribution in [0.3, 0.4) is 0 Å². The van der Waals surface area contributed by atoms with Crippen molar-refractivity contribution in [1.82, 2.24) is 0 Å². The lowest BCUT2D eigenvalue weighted by molar-refractivity contribution is -0.167. The summed E-state index contributed by atoms with van der Waals surface area (Å²) in [6, 6.07) is 0. The molecule has 6 nitrogen and oxygen atoms in total. The van der Waals surface area contributed by atoms with Crippen molar-refractivity contribution in [1.29, 1.82) is 0 Å². The number of allylic oxidation sites excluding steroid dienone is 22. The summed E-state index contributed by atoms with van der Waals surface area (Å²) in [5.74, 6) is -0.963. The molecular formula is C63H100O6. The number of esters is 3. The van der Waals surface area contributed by atoms with Gasteiger partial charge in [0.1, 0.15) is 13.2 Å². The number of rotatable bonds is 48. The fraction of sp³-hybridized carbons (Fsp3) is 0.603. The van der Waals surface area contributed by atoms with Gasteiger partial charge in [0.2, 0.25) is 0 Å². The average Bonchev–Trinajstić information content (AvgIpc) is 3.35. The molecule has 0 aliphatic carbocycles. The smallest absolute Gasteiger partial charge is 0.306 e. The van der Waals surface area contributed by atoms with Gasteiger partial charge >= 0.3 is 17.9 Å². The van der Waals surface area contributed by atoms with Gasteiger partial charge < -0.3 is 14.2 Å². The van der Waals surface area contributed by atoms with Crippen molar-refractivity contribution < 1.29 is 28.6 Å². The maximum absolute atomic E-state index is 12.8. The van der Waals surface area contributed by atoms with Gasteiger partial charge in [-0.25, -0.2) is 0 Å². The molecule has 0 N–H and O–H groups in total. The van der Waals surface area contributed by atoms with Crippen molar-refractivity contribution in [2.24, 2.45) is 0 Å². The summed E-state index contributed by atoms with van der Waals surface area (Å²) in [7, 11) is 0. The van der Waals surface area contributed by atoms with Gasteiger partial charge in [-0.15, -0.1) is 0 Å². The lowest BCUT2D eigenvalue weighted by Crippen LogP contribution is -2.30. The van der Waals surface area contributed by atoms with Crippen molar-refractivity contribution in [3.8, 4) is 0 Å². The second kappa shape index (κ2) is 56.1. The summed E-state index contributed by atoms with van der Waals surface area (Å²) < 4.78 is 16.8. The molecule has 6 heteroatoms. The van der Waals surface area contributed by atoms with E-state index in [-0.39, 0.29) is 31.1 Å². The van der Waals surface area contributed by atoms with Crippen molar-refractivity contribution in [3.05, 3.63) is 134 Å². The topological polar surface area (TPSA) is 78.9 Å². The number of carbonyl (C=O) groups excluding carboxylic acids is 3. The maximum atomic E-state index is 12.8. The molecule has 0 aromatic rings. The lowest BCUT2D eigenvalue weighted by atomic mass is 10.1. The Kier molecular flexibility index (Phi) is 52.5. The molecule has 0 heterocycles. The first-order valence-corrected chi connectivity index (χ1v) is 27.7. The molecule has 0 saturated carbocycles. The molecular weight excluding hydrogens is 853 g/mol. The molecule has 0 aliphatic heterocycles. The average molecular weight is 953 g/mol. The molecule has 1 unspecified atom stereocenters. The highest BCUT2D eigenvalue weighted by Gasteiger charge is 2.19. The van der Waals surface area contributed by atoms with Gasteiger partial charge in [0.25, 0.3) is 0 Å². The van der Waals surface area contributed by atoms with E-state index in [9.17, 15) is 14.4 Å². The van der Waals surface area contributed by atoms with Crippen LogP contribution in [0.1, 0.15) is 226 Å². The first kappa shape index (κ1) is 64.5. The Hall–Kier alpha value is -4.45. The number of hydrogen-bond donors (Lipinski definition) is 0. The molecule has 0 fully saturated rings. The van der Waals surface area contributed by atoms with Gasteiger partial charge in [-0.1, -0.05) is 212 Å². The molecule has 0 rings (SSSR count). The zero-order chi connectivity index (χ0) is 50.0. The van der Waals surface area contributed by atoms with Crippen LogP contribution in [-0.2, 0) is 28.6 Å². The summed E-state index contributed by atoms with van der Waals surface area (Å²) in [5.41, 5.74) is 0. The zero-order valence-electron chi connectivity index (χ0n) is 44.3. The van der Waals surface area contributed by atoms with Crippen LogP contribution in [-0.4, -0.2) is 37.2 Å². The van der Waals surface area contributed by atoms with Gasteiger partial charge in [-0.3, -0.25) is 14.4 Å². The lowest BCUT2D eigenvalue weighted by Gasteiger charge is -2.18. The fourth-order valence-electron chi connectivity index (χ4n) is 7.08. The Morgan fingerprint density at radius 3 is 0.812 bits per heavy atom. The number of hydrogen-bond acceptors (Lipinski definition) is 6. The second-order valence-electron chi connectivity index (χ2n) is 17.7. The molecule has 0 aliphatic rings. The molecule has 0 spiro atoms. The molecule has 69 heavy (non-hydrogen) atoms. The van der Waals surface area contributed by atoms with Crippen LogP contribution in [0, 0.1) is 0 Å². The summed E-state index contributed by atoms with van der Waals surface area (Å²) in [6.45, 7) is 6.24. The van der Waals surface area contributed by atoms with E-state index in [1.54, 1.807) is 0 Å². The van der Waals surface area contributed by atoms with E-state index in [4.69, 9.17) is 14.2 Å². The number of carbonyl (C=O) groups is 3. The summed E-state index contributed by atoms with van der Waals surface area (Å²) in [5, 5.41) is 0. The van der Waals surface area contributed by atoms with Gasteiger partial charge in [0, 0.05) is 19.3 Å². The highest BCUT2D eigenvalue weighted by molar-refractivity contribution is 5.71. The minimum Gasteiger partial charge on any atom is -0.462 e. The summed E-state index contributed by atoms with van der Waals surface area (Å²) >= 11 is 0. The van der Waals surface area contributed by atoms with Crippen LogP contribution in [0.15, 0.2) is 134 Å². The van der Waals surface area contributed by atoms with E-state index in [0.717, 1.165) is 186 Å². The first-order chi connectivity index (χ1) is 34.0. The van der Waals surface area contributed by atoms with E-state index in [1.807, 2.05) is 0 Å². The highest BCUT2D eigenvalue weighted by atomic mass is 16.6. The largest absolute Gasteiger partial charge is 0.462 e. The third-order valence-electron chi connectivity index (χ3n) is 11.1. The Labute approximate surface area is 424 Å². The molecule has 388 valence electrons. The summed E-state index contributed by atoms with van der Waals surface area (Å²) in [4.78, 5) is 38.1. The van der Waals surface area contributed by atoms with Crippen molar-refractivity contribution >= 4 is 17.9 Å². The van der Waals surface area contributed by atoms with Gasteiger partial charge in [-0.2, -0.15) is 0 Å². The first-order valence-electron chi connectivity index (χ1n) is 27.7. The minimum absolute atomic E-state index is 0.105. The molecule has 0 radical (unpaired) electrons. The van der Waals surface area contributed by atoms with Crippen LogP contribution >= 0.6 is 0 Å². The Morgan fingerprint density at radius 1 is 0.290 bits per heavy atom. The molecule has 0 amide bonds. The Bertz CT molecular complexity index is 1510. The van der Waals surface area contributed by atoms with Crippen LogP contribution in [0.25, 0.3) is 0 Å². The van der Waals surface area contributed by atoms with Crippen LogP contribution in [0.2, 0.25) is 0 Å². The second-order valence-corrected chi connectivity index (χ2v) is 17.7. The quantitative estimate of drug-likeness (QED) is 0.0262. The van der Waals surface area contributed by atoms with E-state index in [0.29, 0.717) is 19.3 Å². The Morgan fingerprint density at radius 2 is 0.522 bits per heavy atom. The minimum atomic E-state index is -0.808. The van der Waals surface area contributed by atoms with Gasteiger partial charge in [0.05, 0.1) is 0 Å². The highest BCUT2D eigenvalue weighted by Crippen LogP contribution is 2.13. The van der Waals surface area contributed by atoms with Crippen molar-refractivity contribution in [2.75, 3.05) is 13.2 Å². The van der Waals surface area contributed by atoms with E-state index >= 15 is 0 Å². The van der Waals surface area contributed by atoms with Gasteiger partial charge in [-0.05, 0) is 128 Å². The number of ether oxygens (including phenoxy) is 3. The maximum Gasteiger partial charge on any atom is 0.306 e. The van der Waals surface area contributed by atoms with Gasteiger partial charge in [0.15, 0.2) is 6.10 Å². The standard InChI is InChI=1S/C63H100O6/c1-4-7-10-13-16-19-22-25-28-29-30-31-32-33-36-38-41-44-47-50-53-56-62(65)68-59-60(69-63(66)57-54-51-48-45-42-39-35-27-24-21-18-15-12-9-6-3)58-67-61(64)55-52-49-46-43-40-37-34-26-23-20-17-14-11-8-5-2/h7-12,16-21,25-28,30-31,33-36,60H,4-6,13-15,22-24,29,32,37-59H2,1-3H3/b10-7-,11-8-,12-9-,19-16-,20-17-,21-18-,28-25-,31-30-,34-26-,35-27-,36-33-. The molecule has 1 atom stereocenters. The predicted molar refractivity (Wildman–Crippen MR) is 297 cm³/mol. The third-order valence-corrected chi connectivity index (χ3v) is 11.1. The predicted octanol–water partition coefficient (Wildman–Crippen LogP) is 18.6. The molecule has 0 bridgehead atoms. The van der Waals surface area contributed by atoms with Crippen molar-refractivity contribution in [2.45, 2.75) is 232 Å². The zero-order valence-corrected chi connectivity index (χ0v) is 44.3. The number of unbranched alkanes of at least 4 members (excludes halogenated alkanes) is 15. The normalized spacial score (nSPS) is 13.1. The molecule has 0 aromatic heterocycles. The molecule has 0 aromatic carbocycles. The van der Waals surface area contributed by atoms with Crippen LogP contribution in [0.4, 0.5) is 0 Å². The third kappa shape index (κ3) is 54.4. The fourth-order valence-corrected chi connectivity index (χ4v) is 7.08. The van der Waals surface area contributed by atoms with E-state index in [1.165, 1.54) is 0 Å². The van der Waals surface area contributed by atoms with Crippen LogP contribution < -0.4 is 0 Å². The Balaban J connectivity index is 4.48.